The molecule has 1 amide bonds. The minimum atomic E-state index is -0.405. The van der Waals surface area contributed by atoms with E-state index < -0.39 is 5.92 Å². The lowest BCUT2D eigenvalue weighted by Crippen LogP contribution is -2.29. The number of benzene rings is 2. The molecular weight excluding hydrogens is 277 g/mol. The summed E-state index contributed by atoms with van der Waals surface area (Å²) in [6, 6.07) is 14.4. The second-order valence-electron chi connectivity index (χ2n) is 5.13. The molecule has 22 heavy (non-hydrogen) atoms. The molecule has 0 bridgehead atoms. The predicted octanol–water partition coefficient (Wildman–Crippen LogP) is 4.59. The Morgan fingerprint density at radius 3 is 2.50 bits per heavy atom. The Kier molecular flexibility index (Phi) is 5.10. The summed E-state index contributed by atoms with van der Waals surface area (Å²) < 4.78 is 14.4. The SMILES string of the molecule is C=CN(CC)C(=O)[C@H](C)c1ccc(-c2ccccc2)c(F)c1. The maximum atomic E-state index is 14.4. The Morgan fingerprint density at radius 2 is 1.95 bits per heavy atom. The zero-order valence-corrected chi connectivity index (χ0v) is 12.9. The Morgan fingerprint density at radius 1 is 1.27 bits per heavy atom. The van der Waals surface area contributed by atoms with Crippen LogP contribution in [0.4, 0.5) is 4.39 Å². The van der Waals surface area contributed by atoms with Crippen LogP contribution in [-0.2, 0) is 4.79 Å². The van der Waals surface area contributed by atoms with Crippen molar-refractivity contribution in [2.45, 2.75) is 19.8 Å². The predicted molar refractivity (Wildman–Crippen MR) is 87.8 cm³/mol. The summed E-state index contributed by atoms with van der Waals surface area (Å²) in [6.07, 6.45) is 1.51. The number of rotatable bonds is 5. The third-order valence-electron chi connectivity index (χ3n) is 3.79. The first-order chi connectivity index (χ1) is 10.6. The van der Waals surface area contributed by atoms with Gasteiger partial charge in [0.05, 0.1) is 5.92 Å². The van der Waals surface area contributed by atoms with Gasteiger partial charge in [0, 0.05) is 12.1 Å². The van der Waals surface area contributed by atoms with Crippen LogP contribution in [0.2, 0.25) is 0 Å². The Bertz CT molecular complexity index is 666. The molecule has 0 spiro atoms. The standard InChI is InChI=1S/C19H20FNO/c1-4-21(5-2)19(22)14(3)16-11-12-17(18(20)13-16)15-9-7-6-8-10-15/h4,6-14H,1,5H2,2-3H3/t14-/m1/s1. The van der Waals surface area contributed by atoms with Crippen molar-refractivity contribution in [2.24, 2.45) is 0 Å². The first-order valence-electron chi connectivity index (χ1n) is 7.36. The van der Waals surface area contributed by atoms with Gasteiger partial charge in [0.15, 0.2) is 0 Å². The third kappa shape index (κ3) is 3.25. The monoisotopic (exact) mass is 297 g/mol. The number of hydrogen-bond donors (Lipinski definition) is 0. The molecule has 0 heterocycles. The minimum absolute atomic E-state index is 0.0793. The van der Waals surface area contributed by atoms with E-state index in [1.54, 1.807) is 13.0 Å². The highest BCUT2D eigenvalue weighted by Gasteiger charge is 2.20. The summed E-state index contributed by atoms with van der Waals surface area (Å²) in [7, 11) is 0. The van der Waals surface area contributed by atoms with Crippen molar-refractivity contribution in [3.8, 4) is 11.1 Å². The van der Waals surface area contributed by atoms with Crippen LogP contribution in [0.5, 0.6) is 0 Å². The van der Waals surface area contributed by atoms with Gasteiger partial charge in [0.2, 0.25) is 5.91 Å². The van der Waals surface area contributed by atoms with Crippen molar-refractivity contribution >= 4 is 5.91 Å². The van der Waals surface area contributed by atoms with Gasteiger partial charge in [-0.1, -0.05) is 49.0 Å². The van der Waals surface area contributed by atoms with Gasteiger partial charge in [-0.2, -0.15) is 0 Å². The quantitative estimate of drug-likeness (QED) is 0.790. The van der Waals surface area contributed by atoms with Gasteiger partial charge >= 0.3 is 0 Å². The number of carbonyl (C=O) groups excluding carboxylic acids is 1. The first-order valence-corrected chi connectivity index (χ1v) is 7.36. The number of hydrogen-bond acceptors (Lipinski definition) is 1. The molecule has 0 aliphatic heterocycles. The zero-order valence-electron chi connectivity index (χ0n) is 12.9. The van der Waals surface area contributed by atoms with E-state index in [0.29, 0.717) is 17.7 Å². The number of nitrogens with zero attached hydrogens (tertiary/aromatic N) is 1. The van der Waals surface area contributed by atoms with Crippen molar-refractivity contribution in [2.75, 3.05) is 6.54 Å². The summed E-state index contributed by atoms with van der Waals surface area (Å²) in [6.45, 7) is 7.85. The summed E-state index contributed by atoms with van der Waals surface area (Å²) in [5.41, 5.74) is 2.04. The molecule has 0 radical (unpaired) electrons. The highest BCUT2D eigenvalue weighted by atomic mass is 19.1. The number of likely N-dealkylation sites (N-methyl/N-ethyl adjacent to an activating group) is 1. The molecule has 0 saturated carbocycles. The third-order valence-corrected chi connectivity index (χ3v) is 3.79. The molecule has 2 rings (SSSR count). The number of amides is 1. The fourth-order valence-electron chi connectivity index (χ4n) is 2.42. The van der Waals surface area contributed by atoms with E-state index in [2.05, 4.69) is 6.58 Å². The van der Waals surface area contributed by atoms with Crippen LogP contribution >= 0.6 is 0 Å². The van der Waals surface area contributed by atoms with Crippen LogP contribution < -0.4 is 0 Å². The second-order valence-corrected chi connectivity index (χ2v) is 5.13. The molecule has 2 nitrogen and oxygen atoms in total. The largest absolute Gasteiger partial charge is 0.319 e. The van der Waals surface area contributed by atoms with Crippen molar-refractivity contribution in [1.29, 1.82) is 0 Å². The van der Waals surface area contributed by atoms with Crippen molar-refractivity contribution in [3.63, 3.8) is 0 Å². The van der Waals surface area contributed by atoms with E-state index in [9.17, 15) is 9.18 Å². The van der Waals surface area contributed by atoms with Crippen molar-refractivity contribution in [1.82, 2.24) is 4.90 Å². The van der Waals surface area contributed by atoms with Gasteiger partial charge in [-0.25, -0.2) is 4.39 Å². The second kappa shape index (κ2) is 7.03. The van der Waals surface area contributed by atoms with E-state index in [4.69, 9.17) is 0 Å². The van der Waals surface area contributed by atoms with Crippen molar-refractivity contribution < 1.29 is 9.18 Å². The molecule has 3 heteroatoms. The zero-order chi connectivity index (χ0) is 16.1. The fourth-order valence-corrected chi connectivity index (χ4v) is 2.42. The topological polar surface area (TPSA) is 20.3 Å². The van der Waals surface area contributed by atoms with Crippen LogP contribution in [0.1, 0.15) is 25.3 Å². The molecule has 0 aliphatic carbocycles. The summed E-state index contributed by atoms with van der Waals surface area (Å²) in [4.78, 5) is 13.8. The van der Waals surface area contributed by atoms with Gasteiger partial charge in [-0.05, 0) is 37.2 Å². The molecule has 2 aromatic carbocycles. The summed E-state index contributed by atoms with van der Waals surface area (Å²) >= 11 is 0. The van der Waals surface area contributed by atoms with Crippen molar-refractivity contribution in [3.05, 3.63) is 72.7 Å². The number of halogens is 1. The summed E-state index contributed by atoms with van der Waals surface area (Å²) in [5, 5.41) is 0. The Hall–Kier alpha value is -2.42. The molecule has 2 aromatic rings. The molecule has 114 valence electrons. The normalized spacial score (nSPS) is 11.8. The van der Waals surface area contributed by atoms with Gasteiger partial charge in [0.1, 0.15) is 5.82 Å². The van der Waals surface area contributed by atoms with E-state index >= 15 is 0 Å². The average Bonchev–Trinajstić information content (AvgIpc) is 2.55. The van der Waals surface area contributed by atoms with Crippen LogP contribution in [0.25, 0.3) is 11.1 Å². The van der Waals surface area contributed by atoms with Crippen LogP contribution in [0.3, 0.4) is 0 Å². The molecule has 0 aromatic heterocycles. The average molecular weight is 297 g/mol. The van der Waals surface area contributed by atoms with Crippen LogP contribution in [0.15, 0.2) is 61.3 Å². The van der Waals surface area contributed by atoms with Crippen LogP contribution in [0, 0.1) is 5.82 Å². The highest BCUT2D eigenvalue weighted by molar-refractivity contribution is 5.84. The highest BCUT2D eigenvalue weighted by Crippen LogP contribution is 2.27. The minimum Gasteiger partial charge on any atom is -0.319 e. The molecule has 0 unspecified atom stereocenters. The van der Waals surface area contributed by atoms with Gasteiger partial charge in [-0.15, -0.1) is 0 Å². The molecule has 0 saturated heterocycles. The Labute approximate surface area is 130 Å². The maximum absolute atomic E-state index is 14.4. The first kappa shape index (κ1) is 16.0. The molecule has 1 atom stereocenters. The van der Waals surface area contributed by atoms with E-state index in [1.165, 1.54) is 17.2 Å². The Balaban J connectivity index is 2.29. The smallest absolute Gasteiger partial charge is 0.233 e. The lowest BCUT2D eigenvalue weighted by Gasteiger charge is -2.21. The molecule has 0 N–H and O–H groups in total. The lowest BCUT2D eigenvalue weighted by atomic mass is 9.96. The van der Waals surface area contributed by atoms with Gasteiger partial charge in [-0.3, -0.25) is 4.79 Å². The maximum Gasteiger partial charge on any atom is 0.233 e. The van der Waals surface area contributed by atoms with E-state index in [-0.39, 0.29) is 11.7 Å². The molecule has 0 aliphatic rings. The van der Waals surface area contributed by atoms with E-state index in [0.717, 1.165) is 5.56 Å². The number of carbonyl (C=O) groups is 1. The lowest BCUT2D eigenvalue weighted by molar-refractivity contribution is -0.129. The molecular formula is C19H20FNO. The van der Waals surface area contributed by atoms with Gasteiger partial charge in [0.25, 0.3) is 0 Å². The van der Waals surface area contributed by atoms with E-state index in [1.807, 2.05) is 43.3 Å². The molecule has 0 fully saturated rings. The van der Waals surface area contributed by atoms with Crippen LogP contribution in [-0.4, -0.2) is 17.4 Å². The fraction of sp³-hybridized carbons (Fsp3) is 0.211. The van der Waals surface area contributed by atoms with Gasteiger partial charge < -0.3 is 4.90 Å². The summed E-state index contributed by atoms with van der Waals surface area (Å²) in [5.74, 6) is -0.799.